The molecule has 0 amide bonds. The summed E-state index contributed by atoms with van der Waals surface area (Å²) in [5, 5.41) is 0. The first-order chi connectivity index (χ1) is 13.7. The molecule has 0 saturated heterocycles. The second kappa shape index (κ2) is 7.43. The van der Waals surface area contributed by atoms with Crippen molar-refractivity contribution in [2.75, 3.05) is 33.7 Å². The third-order valence-electron chi connectivity index (χ3n) is 5.09. The van der Waals surface area contributed by atoms with Gasteiger partial charge in [0.25, 0.3) is 0 Å². The van der Waals surface area contributed by atoms with E-state index in [1.807, 2.05) is 63.8 Å². The number of para-hydroxylation sites is 4. The molecule has 5 nitrogen and oxygen atoms in total. The van der Waals surface area contributed by atoms with Crippen molar-refractivity contribution in [3.8, 4) is 0 Å². The predicted molar refractivity (Wildman–Crippen MR) is 114 cm³/mol. The number of benzene rings is 3. The maximum absolute atomic E-state index is 7.58. The Morgan fingerprint density at radius 3 is 1.59 bits per heavy atom. The number of fused-ring (bicyclic) bond motifs is 2. The Balaban J connectivity index is 0.00000205. The molecule has 0 bridgehead atoms. The van der Waals surface area contributed by atoms with Gasteiger partial charge >= 0.3 is 0 Å². The maximum Gasteiger partial charge on any atom is 0.0899 e. The monoisotopic (exact) mass is 556 g/mol. The van der Waals surface area contributed by atoms with Crippen LogP contribution in [-0.4, -0.2) is 14.1 Å². The van der Waals surface area contributed by atoms with E-state index in [1.54, 1.807) is 0 Å². The average Bonchev–Trinajstić information content (AvgIpc) is 3.26. The van der Waals surface area contributed by atoms with Crippen molar-refractivity contribution < 1.29 is 19.8 Å². The second-order valence-electron chi connectivity index (χ2n) is 6.89. The van der Waals surface area contributed by atoms with E-state index in [0.29, 0.717) is 5.69 Å². The predicted octanol–water partition coefficient (Wildman–Crippen LogP) is 5.45. The number of anilines is 6. The summed E-state index contributed by atoms with van der Waals surface area (Å²) in [7, 11) is 4.05. The topological polar surface area (TPSA) is 17.3 Å². The van der Waals surface area contributed by atoms with Crippen molar-refractivity contribution in [1.29, 1.82) is 0 Å². The van der Waals surface area contributed by atoms with Gasteiger partial charge in [-0.3, -0.25) is 4.85 Å². The standard InChI is InChI=1S/C23H18N5.Os/c1-24-17-12-18(27-15-25(2)20-8-4-6-10-22(20)27)14-19(13-17)28-16-26(3)21-9-5-7-11-23(21)28;/h4-13,15-16H,2-3H3;/q-3;. The van der Waals surface area contributed by atoms with Crippen molar-refractivity contribution in [1.82, 2.24) is 0 Å². The molecule has 2 aliphatic rings. The Bertz CT molecular complexity index is 1030. The molecule has 3 aromatic carbocycles. The van der Waals surface area contributed by atoms with Gasteiger partial charge in [0.2, 0.25) is 0 Å². The zero-order valence-corrected chi connectivity index (χ0v) is 18.6. The van der Waals surface area contributed by atoms with Crippen LogP contribution in [0.2, 0.25) is 0 Å². The third-order valence-corrected chi connectivity index (χ3v) is 5.09. The molecule has 0 unspecified atom stereocenters. The Labute approximate surface area is 184 Å². The molecule has 0 aromatic heterocycles. The first-order valence-electron chi connectivity index (χ1n) is 9.03. The van der Waals surface area contributed by atoms with Crippen LogP contribution in [0, 0.1) is 26.0 Å². The van der Waals surface area contributed by atoms with Crippen LogP contribution in [0.3, 0.4) is 0 Å². The fourth-order valence-corrected chi connectivity index (χ4v) is 3.76. The van der Waals surface area contributed by atoms with Gasteiger partial charge in [-0.15, -0.1) is 29.6 Å². The Hall–Kier alpha value is -3.01. The molecule has 5 rings (SSSR count). The summed E-state index contributed by atoms with van der Waals surface area (Å²) in [5.74, 6) is 0. The van der Waals surface area contributed by atoms with Crippen LogP contribution in [0.25, 0.3) is 4.85 Å². The van der Waals surface area contributed by atoms with Crippen LogP contribution in [-0.2, 0) is 19.8 Å². The minimum Gasteiger partial charge on any atom is -0.504 e. The SMILES string of the molecule is [C-]#[N+]c1cc(N2[CH-]N(C)c3ccccc32)[c-]c(N2[CH-]N(C)c3ccccc32)c1.[Os]. The normalized spacial score (nSPS) is 14.4. The Morgan fingerprint density at radius 2 is 1.17 bits per heavy atom. The summed E-state index contributed by atoms with van der Waals surface area (Å²) in [6.07, 6.45) is 0. The summed E-state index contributed by atoms with van der Waals surface area (Å²) in [4.78, 5) is 12.0. The van der Waals surface area contributed by atoms with Crippen LogP contribution in [0.15, 0.2) is 60.7 Å². The largest absolute Gasteiger partial charge is 0.504 e. The van der Waals surface area contributed by atoms with Gasteiger partial charge in [-0.2, -0.15) is 13.3 Å². The minimum atomic E-state index is 0. The third kappa shape index (κ3) is 3.13. The fourth-order valence-electron chi connectivity index (χ4n) is 3.76. The van der Waals surface area contributed by atoms with Crippen LogP contribution < -0.4 is 19.6 Å². The van der Waals surface area contributed by atoms with E-state index in [1.165, 1.54) is 0 Å². The Morgan fingerprint density at radius 1 is 0.759 bits per heavy atom. The van der Waals surface area contributed by atoms with Crippen molar-refractivity contribution in [2.45, 2.75) is 0 Å². The van der Waals surface area contributed by atoms with Gasteiger partial charge in [0.1, 0.15) is 0 Å². The molecule has 0 N–H and O–H groups in total. The van der Waals surface area contributed by atoms with Gasteiger partial charge in [0.15, 0.2) is 0 Å². The van der Waals surface area contributed by atoms with E-state index in [2.05, 4.69) is 54.8 Å². The molecule has 2 aliphatic heterocycles. The molecule has 146 valence electrons. The van der Waals surface area contributed by atoms with Crippen LogP contribution in [0.1, 0.15) is 0 Å². The number of hydrogen-bond donors (Lipinski definition) is 0. The van der Waals surface area contributed by atoms with E-state index >= 15 is 0 Å². The van der Waals surface area contributed by atoms with Gasteiger partial charge in [-0.25, -0.2) is 0 Å². The van der Waals surface area contributed by atoms with Crippen molar-refractivity contribution >= 4 is 39.8 Å². The zero-order valence-electron chi connectivity index (χ0n) is 16.0. The summed E-state index contributed by atoms with van der Waals surface area (Å²) < 4.78 is 0. The Kier molecular flexibility index (Phi) is 4.95. The van der Waals surface area contributed by atoms with E-state index < -0.39 is 0 Å². The minimum absolute atomic E-state index is 0. The quantitative estimate of drug-likeness (QED) is 0.392. The molecule has 2 heterocycles. The smallest absolute Gasteiger partial charge is 0.0899 e. The number of hydrogen-bond acceptors (Lipinski definition) is 4. The van der Waals surface area contributed by atoms with Gasteiger partial charge in [0, 0.05) is 42.5 Å². The van der Waals surface area contributed by atoms with E-state index in [-0.39, 0.29) is 19.8 Å². The molecule has 6 heteroatoms. The molecular weight excluding hydrogens is 537 g/mol. The maximum atomic E-state index is 7.58. The van der Waals surface area contributed by atoms with E-state index in [4.69, 9.17) is 6.57 Å². The molecule has 0 aliphatic carbocycles. The second-order valence-corrected chi connectivity index (χ2v) is 6.89. The van der Waals surface area contributed by atoms with E-state index in [0.717, 1.165) is 34.1 Å². The molecule has 0 fully saturated rings. The molecule has 0 radical (unpaired) electrons. The van der Waals surface area contributed by atoms with Crippen molar-refractivity contribution in [3.63, 3.8) is 0 Å². The zero-order chi connectivity index (χ0) is 19.3. The summed E-state index contributed by atoms with van der Waals surface area (Å²) >= 11 is 0. The van der Waals surface area contributed by atoms with Gasteiger partial charge in [-0.1, -0.05) is 24.3 Å². The number of rotatable bonds is 2. The van der Waals surface area contributed by atoms with Gasteiger partial charge < -0.3 is 19.6 Å². The number of nitrogens with zero attached hydrogens (tertiary/aromatic N) is 5. The molecule has 29 heavy (non-hydrogen) atoms. The molecule has 0 saturated carbocycles. The van der Waals surface area contributed by atoms with Gasteiger partial charge in [0.05, 0.1) is 12.3 Å². The van der Waals surface area contributed by atoms with Crippen LogP contribution in [0.5, 0.6) is 0 Å². The average molecular weight is 555 g/mol. The van der Waals surface area contributed by atoms with Crippen LogP contribution in [0.4, 0.5) is 39.8 Å². The van der Waals surface area contributed by atoms with Gasteiger partial charge in [-0.05, 0) is 38.4 Å². The van der Waals surface area contributed by atoms with Crippen molar-refractivity contribution in [3.05, 3.63) is 91.5 Å². The molecular formula is C23H18N5Os-3. The molecule has 3 aromatic rings. The first kappa shape index (κ1) is 19.3. The van der Waals surface area contributed by atoms with E-state index in [9.17, 15) is 0 Å². The molecule has 0 spiro atoms. The first-order valence-corrected chi connectivity index (χ1v) is 9.03. The summed E-state index contributed by atoms with van der Waals surface area (Å²) in [6.45, 7) is 11.6. The van der Waals surface area contributed by atoms with Crippen molar-refractivity contribution in [2.24, 2.45) is 0 Å². The summed E-state index contributed by atoms with van der Waals surface area (Å²) in [5.41, 5.74) is 6.70. The fraction of sp³-hybridized carbons (Fsp3) is 0.0870. The molecule has 0 atom stereocenters. The summed E-state index contributed by atoms with van der Waals surface area (Å²) in [6, 6.07) is 23.7. The van der Waals surface area contributed by atoms with Crippen LogP contribution >= 0.6 is 0 Å².